The quantitative estimate of drug-likeness (QED) is 0.834. The van der Waals surface area contributed by atoms with Crippen LogP contribution in [-0.2, 0) is 6.54 Å². The van der Waals surface area contributed by atoms with Gasteiger partial charge in [-0.25, -0.2) is 0 Å². The fourth-order valence-corrected chi connectivity index (χ4v) is 2.11. The second kappa shape index (κ2) is 6.43. The highest BCUT2D eigenvalue weighted by molar-refractivity contribution is 9.10. The first-order valence-electron chi connectivity index (χ1n) is 5.65. The van der Waals surface area contributed by atoms with Crippen LogP contribution in [0.5, 0.6) is 0 Å². The molecule has 0 saturated carbocycles. The van der Waals surface area contributed by atoms with Crippen LogP contribution in [0, 0.1) is 0 Å². The molecule has 0 radical (unpaired) electrons. The van der Waals surface area contributed by atoms with Gasteiger partial charge >= 0.3 is 6.18 Å². The third kappa shape index (κ3) is 5.27. The molecule has 0 saturated heterocycles. The zero-order valence-electron chi connectivity index (χ0n) is 10.1. The van der Waals surface area contributed by atoms with Crippen molar-refractivity contribution < 1.29 is 13.2 Å². The standard InChI is InChI=1S/C12H16BrF3N2/c1-2-5-18(8-12(14,15)16)7-9-3-4-10(13)6-11(9)17/h3-4,6H,2,5,7-8,17H2,1H3. The minimum atomic E-state index is -4.18. The topological polar surface area (TPSA) is 29.3 Å². The van der Waals surface area contributed by atoms with E-state index in [-0.39, 0.29) is 6.54 Å². The number of hydrogen-bond acceptors (Lipinski definition) is 2. The van der Waals surface area contributed by atoms with E-state index in [1.165, 1.54) is 4.90 Å². The van der Waals surface area contributed by atoms with Gasteiger partial charge in [-0.2, -0.15) is 13.2 Å². The Kier molecular flexibility index (Phi) is 5.47. The number of nitrogens with zero attached hydrogens (tertiary/aromatic N) is 1. The molecule has 6 heteroatoms. The summed E-state index contributed by atoms with van der Waals surface area (Å²) in [6, 6.07) is 5.23. The number of nitrogens with two attached hydrogens (primary N) is 1. The summed E-state index contributed by atoms with van der Waals surface area (Å²) in [6.45, 7) is 1.56. The minimum absolute atomic E-state index is 0.215. The summed E-state index contributed by atoms with van der Waals surface area (Å²) >= 11 is 3.27. The third-order valence-corrected chi connectivity index (χ3v) is 2.94. The number of benzene rings is 1. The summed E-state index contributed by atoms with van der Waals surface area (Å²) in [4.78, 5) is 1.36. The number of alkyl halides is 3. The van der Waals surface area contributed by atoms with Crippen molar-refractivity contribution in [3.63, 3.8) is 0 Å². The lowest BCUT2D eigenvalue weighted by Gasteiger charge is -2.23. The van der Waals surface area contributed by atoms with Crippen molar-refractivity contribution in [3.8, 4) is 0 Å². The zero-order valence-corrected chi connectivity index (χ0v) is 11.7. The third-order valence-electron chi connectivity index (χ3n) is 2.44. The van der Waals surface area contributed by atoms with Gasteiger partial charge in [0.1, 0.15) is 0 Å². The summed E-state index contributed by atoms with van der Waals surface area (Å²) in [5.41, 5.74) is 7.02. The van der Waals surface area contributed by atoms with E-state index in [0.717, 1.165) is 10.0 Å². The molecule has 0 aliphatic rings. The van der Waals surface area contributed by atoms with Gasteiger partial charge in [0.2, 0.25) is 0 Å². The molecule has 2 N–H and O–H groups in total. The van der Waals surface area contributed by atoms with Crippen LogP contribution >= 0.6 is 15.9 Å². The van der Waals surface area contributed by atoms with E-state index >= 15 is 0 Å². The molecule has 102 valence electrons. The van der Waals surface area contributed by atoms with E-state index in [1.54, 1.807) is 18.2 Å². The summed E-state index contributed by atoms with van der Waals surface area (Å²) in [5, 5.41) is 0. The zero-order chi connectivity index (χ0) is 13.8. The largest absolute Gasteiger partial charge is 0.401 e. The normalized spacial score (nSPS) is 12.1. The molecule has 0 aliphatic carbocycles. The highest BCUT2D eigenvalue weighted by atomic mass is 79.9. The Balaban J connectivity index is 2.76. The van der Waals surface area contributed by atoms with E-state index in [2.05, 4.69) is 15.9 Å². The lowest BCUT2D eigenvalue weighted by Crippen LogP contribution is -2.34. The molecule has 0 aromatic heterocycles. The average Bonchev–Trinajstić information content (AvgIpc) is 2.20. The van der Waals surface area contributed by atoms with Crippen molar-refractivity contribution in [2.24, 2.45) is 0 Å². The first-order chi connectivity index (χ1) is 8.31. The predicted molar refractivity (Wildman–Crippen MR) is 70.2 cm³/mol. The number of anilines is 1. The van der Waals surface area contributed by atoms with Gasteiger partial charge in [0.15, 0.2) is 0 Å². The Morgan fingerprint density at radius 2 is 2.00 bits per heavy atom. The van der Waals surface area contributed by atoms with Gasteiger partial charge < -0.3 is 5.73 Å². The van der Waals surface area contributed by atoms with Crippen molar-refractivity contribution in [3.05, 3.63) is 28.2 Å². The molecule has 0 heterocycles. The highest BCUT2D eigenvalue weighted by Gasteiger charge is 2.30. The summed E-state index contributed by atoms with van der Waals surface area (Å²) in [5.74, 6) is 0. The lowest BCUT2D eigenvalue weighted by atomic mass is 10.1. The molecule has 1 rings (SSSR count). The smallest absolute Gasteiger partial charge is 0.398 e. The molecule has 18 heavy (non-hydrogen) atoms. The Hall–Kier alpha value is -0.750. The van der Waals surface area contributed by atoms with E-state index in [9.17, 15) is 13.2 Å². The van der Waals surface area contributed by atoms with E-state index in [4.69, 9.17) is 5.73 Å². The maximum Gasteiger partial charge on any atom is 0.401 e. The van der Waals surface area contributed by atoms with E-state index in [1.807, 2.05) is 6.92 Å². The van der Waals surface area contributed by atoms with Crippen LogP contribution in [0.25, 0.3) is 0 Å². The van der Waals surface area contributed by atoms with Gasteiger partial charge in [0.05, 0.1) is 6.54 Å². The molecule has 1 aromatic carbocycles. The fourth-order valence-electron chi connectivity index (χ4n) is 1.73. The molecule has 0 bridgehead atoms. The second-order valence-electron chi connectivity index (χ2n) is 4.17. The van der Waals surface area contributed by atoms with Crippen LogP contribution in [0.3, 0.4) is 0 Å². The average molecular weight is 325 g/mol. The Morgan fingerprint density at radius 3 is 2.50 bits per heavy atom. The molecule has 0 amide bonds. The van der Waals surface area contributed by atoms with Crippen molar-refractivity contribution in [1.82, 2.24) is 4.90 Å². The van der Waals surface area contributed by atoms with E-state index in [0.29, 0.717) is 18.7 Å². The number of halogens is 4. The Bertz CT molecular complexity index is 393. The van der Waals surface area contributed by atoms with Gasteiger partial charge in [-0.3, -0.25) is 4.90 Å². The van der Waals surface area contributed by atoms with Crippen LogP contribution in [0.4, 0.5) is 18.9 Å². The first kappa shape index (κ1) is 15.3. The van der Waals surface area contributed by atoms with Gasteiger partial charge in [-0.1, -0.05) is 28.9 Å². The van der Waals surface area contributed by atoms with E-state index < -0.39 is 12.7 Å². The van der Waals surface area contributed by atoms with Crippen LogP contribution in [0.1, 0.15) is 18.9 Å². The predicted octanol–water partition coefficient (Wildman–Crippen LogP) is 3.81. The molecular formula is C12H16BrF3N2. The SMILES string of the molecule is CCCN(Cc1ccc(Br)cc1N)CC(F)(F)F. The first-order valence-corrected chi connectivity index (χ1v) is 6.44. The van der Waals surface area contributed by atoms with Crippen molar-refractivity contribution >= 4 is 21.6 Å². The molecule has 0 fully saturated rings. The maximum atomic E-state index is 12.4. The molecule has 2 nitrogen and oxygen atoms in total. The van der Waals surface area contributed by atoms with Crippen molar-refractivity contribution in [1.29, 1.82) is 0 Å². The van der Waals surface area contributed by atoms with Gasteiger partial charge in [0.25, 0.3) is 0 Å². The number of rotatable bonds is 5. The number of nitrogen functional groups attached to an aromatic ring is 1. The molecule has 0 spiro atoms. The molecule has 1 aromatic rings. The molecule has 0 atom stereocenters. The molecular weight excluding hydrogens is 309 g/mol. The summed E-state index contributed by atoms with van der Waals surface area (Å²) < 4.78 is 38.1. The minimum Gasteiger partial charge on any atom is -0.398 e. The summed E-state index contributed by atoms with van der Waals surface area (Å²) in [7, 11) is 0. The molecule has 0 unspecified atom stereocenters. The maximum absolute atomic E-state index is 12.4. The monoisotopic (exact) mass is 324 g/mol. The Morgan fingerprint density at radius 1 is 1.33 bits per heavy atom. The summed E-state index contributed by atoms with van der Waals surface area (Å²) in [6.07, 6.45) is -3.51. The second-order valence-corrected chi connectivity index (χ2v) is 5.08. The number of hydrogen-bond donors (Lipinski definition) is 1. The van der Waals surface area contributed by atoms with Gasteiger partial charge in [-0.15, -0.1) is 0 Å². The van der Waals surface area contributed by atoms with Gasteiger partial charge in [0, 0.05) is 16.7 Å². The van der Waals surface area contributed by atoms with Crippen LogP contribution < -0.4 is 5.73 Å². The van der Waals surface area contributed by atoms with Crippen molar-refractivity contribution in [2.75, 3.05) is 18.8 Å². The highest BCUT2D eigenvalue weighted by Crippen LogP contribution is 2.22. The fraction of sp³-hybridized carbons (Fsp3) is 0.500. The lowest BCUT2D eigenvalue weighted by molar-refractivity contribution is -0.147. The van der Waals surface area contributed by atoms with Crippen LogP contribution in [0.2, 0.25) is 0 Å². The Labute approximate surface area is 113 Å². The van der Waals surface area contributed by atoms with Crippen molar-refractivity contribution in [2.45, 2.75) is 26.1 Å². The van der Waals surface area contributed by atoms with Gasteiger partial charge in [-0.05, 0) is 30.7 Å². The molecule has 0 aliphatic heterocycles. The van der Waals surface area contributed by atoms with Crippen LogP contribution in [0.15, 0.2) is 22.7 Å². The van der Waals surface area contributed by atoms with Crippen LogP contribution in [-0.4, -0.2) is 24.2 Å².